The molecule has 0 amide bonds. The maximum atomic E-state index is 10.8. The number of fused-ring (bicyclic) bond motifs is 1. The van der Waals surface area contributed by atoms with Gasteiger partial charge in [-0.2, -0.15) is 0 Å². The first-order valence-corrected chi connectivity index (χ1v) is 12.1. The second-order valence-corrected chi connectivity index (χ2v) is 9.87. The molecule has 0 radical (unpaired) electrons. The number of pyridine rings is 1. The Labute approximate surface area is 192 Å². The van der Waals surface area contributed by atoms with Crippen molar-refractivity contribution in [2.75, 3.05) is 44.2 Å². The summed E-state index contributed by atoms with van der Waals surface area (Å²) < 4.78 is 5.02. The Morgan fingerprint density at radius 2 is 1.91 bits per heavy atom. The molecule has 1 aliphatic heterocycles. The van der Waals surface area contributed by atoms with Crippen LogP contribution in [-0.2, 0) is 21.4 Å². The largest absolute Gasteiger partial charge is 0.466 e. The molecule has 0 N–H and O–H groups in total. The zero-order valence-electron chi connectivity index (χ0n) is 19.9. The van der Waals surface area contributed by atoms with Crippen molar-refractivity contribution < 1.29 is 9.53 Å². The molecular weight excluding hydrogens is 398 g/mol. The summed E-state index contributed by atoms with van der Waals surface area (Å²) in [4.78, 5) is 20.8. The van der Waals surface area contributed by atoms with Crippen LogP contribution in [0.5, 0.6) is 0 Å². The molecule has 1 aromatic carbocycles. The molecule has 5 nitrogen and oxygen atoms in total. The molecule has 2 aromatic rings. The van der Waals surface area contributed by atoms with Crippen LogP contribution in [0.1, 0.15) is 57.6 Å². The first-order valence-electron chi connectivity index (χ1n) is 12.1. The maximum absolute atomic E-state index is 10.8. The smallest absolute Gasteiger partial charge is 0.302 e. The number of nitrogens with zero attached hydrogens (tertiary/aromatic N) is 3. The van der Waals surface area contributed by atoms with Crippen molar-refractivity contribution in [1.82, 2.24) is 9.88 Å². The zero-order chi connectivity index (χ0) is 22.6. The summed E-state index contributed by atoms with van der Waals surface area (Å²) in [7, 11) is 0. The van der Waals surface area contributed by atoms with Crippen LogP contribution in [0.15, 0.2) is 36.4 Å². The minimum atomic E-state index is -0.187. The van der Waals surface area contributed by atoms with E-state index in [4.69, 9.17) is 9.72 Å². The van der Waals surface area contributed by atoms with Crippen LogP contribution >= 0.6 is 0 Å². The first-order chi connectivity index (χ1) is 15.4. The lowest BCUT2D eigenvalue weighted by molar-refractivity contribution is -0.141. The molecule has 0 saturated carbocycles. The number of hydrogen-bond acceptors (Lipinski definition) is 5. The Bertz CT molecular complexity index is 932. The number of unbranched alkanes of at least 4 members (excludes halogenated alkanes) is 1. The number of ether oxygens (including phenoxy) is 1. The van der Waals surface area contributed by atoms with Gasteiger partial charge in [0.15, 0.2) is 0 Å². The highest BCUT2D eigenvalue weighted by molar-refractivity contribution is 5.66. The van der Waals surface area contributed by atoms with Gasteiger partial charge in [-0.25, -0.2) is 4.98 Å². The van der Waals surface area contributed by atoms with E-state index < -0.39 is 0 Å². The summed E-state index contributed by atoms with van der Waals surface area (Å²) in [5.41, 5.74) is 5.58. The van der Waals surface area contributed by atoms with Gasteiger partial charge in [0.2, 0.25) is 0 Å². The summed E-state index contributed by atoms with van der Waals surface area (Å²) in [6, 6.07) is 13.4. The van der Waals surface area contributed by atoms with Gasteiger partial charge in [-0.15, -0.1) is 0 Å². The number of piperazine rings is 1. The SMILES string of the molecule is CC(=O)OCCCCN1CCN(c2cccc(-c3ccc4c(c3)CCCC4(C)C)n2)CC1. The predicted molar refractivity (Wildman–Crippen MR) is 130 cm³/mol. The van der Waals surface area contributed by atoms with Gasteiger partial charge < -0.3 is 9.64 Å². The number of carbonyl (C=O) groups excluding carboxylic acids is 1. The number of aromatic nitrogens is 1. The first kappa shape index (κ1) is 22.8. The highest BCUT2D eigenvalue weighted by Gasteiger charge is 2.27. The van der Waals surface area contributed by atoms with Gasteiger partial charge in [-0.3, -0.25) is 9.69 Å². The summed E-state index contributed by atoms with van der Waals surface area (Å²) in [5.74, 6) is 0.891. The van der Waals surface area contributed by atoms with Gasteiger partial charge in [0.1, 0.15) is 5.82 Å². The van der Waals surface area contributed by atoms with E-state index in [1.165, 1.54) is 42.9 Å². The normalized spacial score (nSPS) is 18.3. The van der Waals surface area contributed by atoms with Crippen LogP contribution in [0.3, 0.4) is 0 Å². The molecule has 5 heteroatoms. The molecule has 1 aromatic heterocycles. The van der Waals surface area contributed by atoms with E-state index in [1.54, 1.807) is 0 Å². The summed E-state index contributed by atoms with van der Waals surface area (Å²) in [5, 5.41) is 0. The number of rotatable bonds is 7. The van der Waals surface area contributed by atoms with Crippen molar-refractivity contribution in [2.45, 2.75) is 58.3 Å². The van der Waals surface area contributed by atoms with Crippen molar-refractivity contribution in [3.63, 3.8) is 0 Å². The van der Waals surface area contributed by atoms with E-state index in [0.29, 0.717) is 6.61 Å². The van der Waals surface area contributed by atoms with Crippen molar-refractivity contribution in [3.05, 3.63) is 47.5 Å². The summed E-state index contributed by atoms with van der Waals surface area (Å²) in [6.45, 7) is 11.9. The van der Waals surface area contributed by atoms with E-state index in [-0.39, 0.29) is 11.4 Å². The van der Waals surface area contributed by atoms with Gasteiger partial charge in [0.25, 0.3) is 0 Å². The standard InChI is InChI=1S/C27H37N3O2/c1-21(31)32-19-5-4-14-29-15-17-30(18-16-29)26-10-6-9-25(28-26)23-11-12-24-22(20-23)8-7-13-27(24,2)3/h6,9-12,20H,4-5,7-8,13-19H2,1-3H3. The van der Waals surface area contributed by atoms with Crippen LogP contribution in [0, 0.1) is 0 Å². The van der Waals surface area contributed by atoms with E-state index in [9.17, 15) is 4.79 Å². The van der Waals surface area contributed by atoms with E-state index in [2.05, 4.69) is 60.0 Å². The number of carbonyl (C=O) groups is 1. The number of hydrogen-bond donors (Lipinski definition) is 0. The third-order valence-electron chi connectivity index (χ3n) is 6.98. The fraction of sp³-hybridized carbons (Fsp3) is 0.556. The zero-order valence-corrected chi connectivity index (χ0v) is 19.9. The molecule has 0 unspecified atom stereocenters. The Morgan fingerprint density at radius 1 is 1.09 bits per heavy atom. The number of aryl methyl sites for hydroxylation is 1. The lowest BCUT2D eigenvalue weighted by Gasteiger charge is -2.35. The lowest BCUT2D eigenvalue weighted by Crippen LogP contribution is -2.47. The predicted octanol–water partition coefficient (Wildman–Crippen LogP) is 4.83. The van der Waals surface area contributed by atoms with Gasteiger partial charge in [0.05, 0.1) is 12.3 Å². The van der Waals surface area contributed by atoms with Gasteiger partial charge in [-0.1, -0.05) is 32.0 Å². The van der Waals surface area contributed by atoms with Crippen molar-refractivity contribution in [3.8, 4) is 11.3 Å². The fourth-order valence-electron chi connectivity index (χ4n) is 5.09. The molecule has 32 heavy (non-hydrogen) atoms. The van der Waals surface area contributed by atoms with E-state index >= 15 is 0 Å². The Balaban J connectivity index is 1.35. The molecule has 1 saturated heterocycles. The van der Waals surface area contributed by atoms with Crippen LogP contribution in [-0.4, -0.2) is 55.2 Å². The second kappa shape index (κ2) is 10.0. The van der Waals surface area contributed by atoms with Crippen molar-refractivity contribution >= 4 is 11.8 Å². The Morgan fingerprint density at radius 3 is 2.69 bits per heavy atom. The van der Waals surface area contributed by atoms with Gasteiger partial charge in [-0.05, 0) is 73.4 Å². The molecular formula is C27H37N3O2. The minimum absolute atomic E-state index is 0.187. The number of anilines is 1. The third-order valence-corrected chi connectivity index (χ3v) is 6.98. The van der Waals surface area contributed by atoms with Crippen LogP contribution in [0.25, 0.3) is 11.3 Å². The molecule has 1 aliphatic carbocycles. The molecule has 2 heterocycles. The fourth-order valence-corrected chi connectivity index (χ4v) is 5.09. The topological polar surface area (TPSA) is 45.7 Å². The quantitative estimate of drug-likeness (QED) is 0.461. The van der Waals surface area contributed by atoms with Gasteiger partial charge in [0, 0.05) is 38.7 Å². The van der Waals surface area contributed by atoms with Crippen LogP contribution in [0.2, 0.25) is 0 Å². The highest BCUT2D eigenvalue weighted by atomic mass is 16.5. The molecule has 2 aliphatic rings. The Hall–Kier alpha value is -2.40. The summed E-state index contributed by atoms with van der Waals surface area (Å²) in [6.07, 6.45) is 5.71. The second-order valence-electron chi connectivity index (χ2n) is 9.87. The van der Waals surface area contributed by atoms with E-state index in [0.717, 1.165) is 57.1 Å². The third kappa shape index (κ3) is 5.50. The van der Waals surface area contributed by atoms with E-state index in [1.807, 2.05) is 0 Å². The van der Waals surface area contributed by atoms with Gasteiger partial charge >= 0.3 is 5.97 Å². The Kier molecular flexibility index (Phi) is 7.14. The maximum Gasteiger partial charge on any atom is 0.302 e. The van der Waals surface area contributed by atoms with Crippen molar-refractivity contribution in [1.29, 1.82) is 0 Å². The van der Waals surface area contributed by atoms with Crippen LogP contribution < -0.4 is 4.90 Å². The van der Waals surface area contributed by atoms with Crippen molar-refractivity contribution in [2.24, 2.45) is 0 Å². The molecule has 0 atom stereocenters. The average molecular weight is 436 g/mol. The average Bonchev–Trinajstić information content (AvgIpc) is 2.79. The highest BCUT2D eigenvalue weighted by Crippen LogP contribution is 2.38. The minimum Gasteiger partial charge on any atom is -0.466 e. The van der Waals surface area contributed by atoms with Crippen LogP contribution in [0.4, 0.5) is 5.82 Å². The summed E-state index contributed by atoms with van der Waals surface area (Å²) >= 11 is 0. The number of esters is 1. The molecule has 1 fully saturated rings. The molecule has 0 spiro atoms. The molecule has 4 rings (SSSR count). The molecule has 0 bridgehead atoms. The molecule has 172 valence electrons. The number of benzene rings is 1. The monoisotopic (exact) mass is 435 g/mol. The lowest BCUT2D eigenvalue weighted by atomic mass is 9.72.